The smallest absolute Gasteiger partial charge is 0.238 e. The monoisotopic (exact) mass is 476 g/mol. The molecule has 1 aromatic heterocycles. The topological polar surface area (TPSA) is 42.4 Å². The van der Waals surface area contributed by atoms with E-state index in [4.69, 9.17) is 9.72 Å². The van der Waals surface area contributed by atoms with Gasteiger partial charge in [0.25, 0.3) is 0 Å². The van der Waals surface area contributed by atoms with E-state index in [1.54, 1.807) is 23.1 Å². The summed E-state index contributed by atoms with van der Waals surface area (Å²) >= 11 is 6.71. The predicted octanol–water partition coefficient (Wildman–Crippen LogP) is 5.50. The lowest BCUT2D eigenvalue weighted by molar-refractivity contribution is -0.116. The van der Waals surface area contributed by atoms with Gasteiger partial charge in [-0.05, 0) is 36.6 Å². The average Bonchev–Trinajstić information content (AvgIpc) is 3.36. The average molecular weight is 477 g/mol. The molecule has 0 aliphatic carbocycles. The van der Waals surface area contributed by atoms with Crippen LogP contribution in [0.3, 0.4) is 0 Å². The molecule has 1 saturated heterocycles. The van der Waals surface area contributed by atoms with Gasteiger partial charge >= 0.3 is 0 Å². The SMILES string of the molecule is O=C(CSCc1ccccc1)N(CC1CCCO1)c1nc2ccc(Br)cc2s1. The fraction of sp³-hybridized carbons (Fsp3) is 0.333. The van der Waals surface area contributed by atoms with Gasteiger partial charge in [0.1, 0.15) is 0 Å². The molecule has 2 heterocycles. The van der Waals surface area contributed by atoms with Crippen LogP contribution < -0.4 is 4.90 Å². The molecule has 28 heavy (non-hydrogen) atoms. The zero-order valence-corrected chi connectivity index (χ0v) is 18.6. The van der Waals surface area contributed by atoms with Crippen molar-refractivity contribution in [2.45, 2.75) is 24.7 Å². The molecule has 0 saturated carbocycles. The van der Waals surface area contributed by atoms with Crippen molar-refractivity contribution in [2.24, 2.45) is 0 Å². The number of amides is 1. The van der Waals surface area contributed by atoms with E-state index >= 15 is 0 Å². The Morgan fingerprint density at radius 3 is 2.93 bits per heavy atom. The fourth-order valence-corrected chi connectivity index (χ4v) is 5.59. The molecule has 1 aliphatic heterocycles. The van der Waals surface area contributed by atoms with Gasteiger partial charge < -0.3 is 4.74 Å². The maximum atomic E-state index is 13.1. The molecule has 1 unspecified atom stereocenters. The van der Waals surface area contributed by atoms with E-state index in [0.29, 0.717) is 12.3 Å². The van der Waals surface area contributed by atoms with Crippen LogP contribution in [0.5, 0.6) is 0 Å². The minimum atomic E-state index is 0.0922. The zero-order chi connectivity index (χ0) is 19.3. The van der Waals surface area contributed by atoms with E-state index in [-0.39, 0.29) is 12.0 Å². The van der Waals surface area contributed by atoms with E-state index in [1.165, 1.54) is 5.56 Å². The van der Waals surface area contributed by atoms with Crippen molar-refractivity contribution in [3.8, 4) is 0 Å². The van der Waals surface area contributed by atoms with Gasteiger partial charge in [0.15, 0.2) is 5.13 Å². The largest absolute Gasteiger partial charge is 0.376 e. The van der Waals surface area contributed by atoms with Gasteiger partial charge in [-0.2, -0.15) is 0 Å². The first-order valence-electron chi connectivity index (χ1n) is 9.29. The van der Waals surface area contributed by atoms with Crippen LogP contribution in [-0.2, 0) is 15.3 Å². The summed E-state index contributed by atoms with van der Waals surface area (Å²) in [5.74, 6) is 1.35. The van der Waals surface area contributed by atoms with Crippen LogP contribution in [0.2, 0.25) is 0 Å². The highest BCUT2D eigenvalue weighted by molar-refractivity contribution is 9.10. The summed E-state index contributed by atoms with van der Waals surface area (Å²) in [5, 5.41) is 0.758. The van der Waals surface area contributed by atoms with Crippen LogP contribution in [0.25, 0.3) is 10.2 Å². The van der Waals surface area contributed by atoms with Gasteiger partial charge in [-0.1, -0.05) is 57.6 Å². The normalized spacial score (nSPS) is 16.5. The van der Waals surface area contributed by atoms with Gasteiger partial charge in [-0.25, -0.2) is 4.98 Å². The predicted molar refractivity (Wildman–Crippen MR) is 121 cm³/mol. The van der Waals surface area contributed by atoms with Crippen molar-refractivity contribution in [3.63, 3.8) is 0 Å². The van der Waals surface area contributed by atoms with Gasteiger partial charge in [0.05, 0.1) is 28.6 Å². The number of rotatable bonds is 7. The highest BCUT2D eigenvalue weighted by Gasteiger charge is 2.26. The van der Waals surface area contributed by atoms with Crippen molar-refractivity contribution in [2.75, 3.05) is 23.8 Å². The molecule has 1 atom stereocenters. The molecule has 4 nitrogen and oxygen atoms in total. The summed E-state index contributed by atoms with van der Waals surface area (Å²) in [6.45, 7) is 1.36. The summed E-state index contributed by atoms with van der Waals surface area (Å²) in [5.41, 5.74) is 2.15. The minimum absolute atomic E-state index is 0.0922. The number of ether oxygens (including phenoxy) is 1. The van der Waals surface area contributed by atoms with Crippen LogP contribution >= 0.6 is 39.0 Å². The number of thiazole rings is 1. The van der Waals surface area contributed by atoms with Crippen LogP contribution in [0, 0.1) is 0 Å². The Hall–Kier alpha value is -1.41. The van der Waals surface area contributed by atoms with Crippen molar-refractivity contribution >= 4 is 60.3 Å². The number of anilines is 1. The van der Waals surface area contributed by atoms with Gasteiger partial charge in [-0.15, -0.1) is 11.8 Å². The molecule has 7 heteroatoms. The Kier molecular flexibility index (Phi) is 6.67. The van der Waals surface area contributed by atoms with E-state index in [2.05, 4.69) is 34.1 Å². The maximum absolute atomic E-state index is 13.1. The number of fused-ring (bicyclic) bond motifs is 1. The first kappa shape index (κ1) is 19.9. The fourth-order valence-electron chi connectivity index (χ4n) is 3.19. The Bertz CT molecular complexity index is 942. The number of thioether (sulfide) groups is 1. The number of carbonyl (C=O) groups excluding carboxylic acids is 1. The number of nitrogens with zero attached hydrogens (tertiary/aromatic N) is 2. The molecule has 1 aliphatic rings. The molecule has 0 bridgehead atoms. The van der Waals surface area contributed by atoms with Crippen LogP contribution in [0.15, 0.2) is 53.0 Å². The molecular formula is C21H21BrN2O2S2. The van der Waals surface area contributed by atoms with E-state index in [1.807, 2.05) is 35.2 Å². The third-order valence-electron chi connectivity index (χ3n) is 4.62. The Balaban J connectivity index is 1.49. The molecule has 2 aromatic carbocycles. The second-order valence-electron chi connectivity index (χ2n) is 6.73. The molecule has 0 radical (unpaired) electrons. The van der Waals surface area contributed by atoms with Crippen LogP contribution in [0.4, 0.5) is 5.13 Å². The second-order valence-corrected chi connectivity index (χ2v) is 9.64. The van der Waals surface area contributed by atoms with Crippen LogP contribution in [-0.4, -0.2) is 35.9 Å². The lowest BCUT2D eigenvalue weighted by Gasteiger charge is -2.23. The summed E-state index contributed by atoms with van der Waals surface area (Å²) < 4.78 is 7.89. The molecule has 0 spiro atoms. The highest BCUT2D eigenvalue weighted by atomic mass is 79.9. The second kappa shape index (κ2) is 9.39. The minimum Gasteiger partial charge on any atom is -0.376 e. The van der Waals surface area contributed by atoms with Crippen molar-refractivity contribution < 1.29 is 9.53 Å². The highest BCUT2D eigenvalue weighted by Crippen LogP contribution is 2.32. The van der Waals surface area contributed by atoms with Crippen LogP contribution in [0.1, 0.15) is 18.4 Å². The first-order valence-corrected chi connectivity index (χ1v) is 12.1. The van der Waals surface area contributed by atoms with Gasteiger partial charge in [0.2, 0.25) is 5.91 Å². The summed E-state index contributed by atoms with van der Waals surface area (Å²) in [4.78, 5) is 19.6. The Labute approximate surface area is 181 Å². The maximum Gasteiger partial charge on any atom is 0.238 e. The molecule has 1 fully saturated rings. The molecule has 1 amide bonds. The molecule has 146 valence electrons. The standard InChI is InChI=1S/C21H21BrN2O2S2/c22-16-8-9-18-19(11-16)28-21(23-18)24(12-17-7-4-10-26-17)20(25)14-27-13-15-5-2-1-3-6-15/h1-3,5-6,8-9,11,17H,4,7,10,12-14H2. The Morgan fingerprint density at radius 1 is 1.29 bits per heavy atom. The van der Waals surface area contributed by atoms with Gasteiger partial charge in [-0.3, -0.25) is 9.69 Å². The van der Waals surface area contributed by atoms with E-state index < -0.39 is 0 Å². The molecular weight excluding hydrogens is 456 g/mol. The van der Waals surface area contributed by atoms with E-state index in [9.17, 15) is 4.79 Å². The zero-order valence-electron chi connectivity index (χ0n) is 15.3. The molecule has 3 aromatic rings. The first-order chi connectivity index (χ1) is 13.7. The number of hydrogen-bond acceptors (Lipinski definition) is 5. The number of carbonyl (C=O) groups is 1. The molecule has 4 rings (SSSR count). The lowest BCUT2D eigenvalue weighted by atomic mass is 10.2. The Morgan fingerprint density at radius 2 is 2.14 bits per heavy atom. The number of hydrogen-bond donors (Lipinski definition) is 0. The summed E-state index contributed by atoms with van der Waals surface area (Å²) in [6.07, 6.45) is 2.15. The van der Waals surface area contributed by atoms with E-state index in [0.717, 1.165) is 45.0 Å². The summed E-state index contributed by atoms with van der Waals surface area (Å²) in [6, 6.07) is 16.3. The van der Waals surface area contributed by atoms with Crippen molar-refractivity contribution in [1.29, 1.82) is 0 Å². The summed E-state index contributed by atoms with van der Waals surface area (Å²) in [7, 11) is 0. The third kappa shape index (κ3) is 4.95. The van der Waals surface area contributed by atoms with Crippen molar-refractivity contribution in [1.82, 2.24) is 4.98 Å². The van der Waals surface area contributed by atoms with Gasteiger partial charge in [0, 0.05) is 16.8 Å². The third-order valence-corrected chi connectivity index (χ3v) is 7.14. The molecule has 0 N–H and O–H groups in total. The lowest BCUT2D eigenvalue weighted by Crippen LogP contribution is -2.38. The number of benzene rings is 2. The number of halogens is 1. The number of aromatic nitrogens is 1. The quantitative estimate of drug-likeness (QED) is 0.451. The van der Waals surface area contributed by atoms with Crippen molar-refractivity contribution in [3.05, 3.63) is 58.6 Å².